The predicted octanol–water partition coefficient (Wildman–Crippen LogP) is 1.05. The Morgan fingerprint density at radius 2 is 2.13 bits per heavy atom. The molecule has 0 radical (unpaired) electrons. The molecule has 1 saturated heterocycles. The normalized spacial score (nSPS) is 16.4. The van der Waals surface area contributed by atoms with Crippen LogP contribution < -0.4 is 16.0 Å². The Kier molecular flexibility index (Phi) is 11.4. The Balaban J connectivity index is 0.00000242. The number of halogens is 2. The maximum atomic E-state index is 11.9. The molecule has 1 atom stereocenters. The number of pyridine rings is 1. The van der Waals surface area contributed by atoms with Crippen molar-refractivity contribution in [3.05, 3.63) is 30.1 Å². The number of hydrogen-bond donors (Lipinski definition) is 3. The Labute approximate surface area is 149 Å². The van der Waals surface area contributed by atoms with Crippen LogP contribution in [0.25, 0.3) is 0 Å². The van der Waals surface area contributed by atoms with Crippen molar-refractivity contribution in [2.75, 3.05) is 19.6 Å². The highest BCUT2D eigenvalue weighted by molar-refractivity contribution is 5.85. The second-order valence-electron chi connectivity index (χ2n) is 5.22. The molecule has 0 spiro atoms. The van der Waals surface area contributed by atoms with Crippen molar-refractivity contribution < 1.29 is 9.59 Å². The SMILES string of the molecule is Cl.Cl.O=C(CCNC(=O)C1CCCNC1)NCc1cccnc1. The van der Waals surface area contributed by atoms with Gasteiger partial charge in [0.15, 0.2) is 0 Å². The van der Waals surface area contributed by atoms with Gasteiger partial charge in [0.1, 0.15) is 0 Å². The molecule has 0 aliphatic carbocycles. The molecule has 0 aromatic carbocycles. The average molecular weight is 363 g/mol. The molecule has 1 fully saturated rings. The van der Waals surface area contributed by atoms with Gasteiger partial charge < -0.3 is 16.0 Å². The van der Waals surface area contributed by atoms with E-state index in [9.17, 15) is 9.59 Å². The van der Waals surface area contributed by atoms with E-state index in [4.69, 9.17) is 0 Å². The molecular formula is C15H24Cl2N4O2. The first kappa shape index (κ1) is 21.6. The van der Waals surface area contributed by atoms with Crippen LogP contribution in [-0.2, 0) is 16.1 Å². The summed E-state index contributed by atoms with van der Waals surface area (Å²) >= 11 is 0. The summed E-state index contributed by atoms with van der Waals surface area (Å²) in [6.45, 7) is 2.57. The predicted molar refractivity (Wildman–Crippen MR) is 93.8 cm³/mol. The minimum atomic E-state index is -0.0686. The number of piperidine rings is 1. The largest absolute Gasteiger partial charge is 0.355 e. The summed E-state index contributed by atoms with van der Waals surface area (Å²) in [5.74, 6) is 0.0142. The number of rotatable bonds is 6. The maximum absolute atomic E-state index is 11.9. The van der Waals surface area contributed by atoms with Gasteiger partial charge in [-0.1, -0.05) is 6.07 Å². The van der Waals surface area contributed by atoms with Crippen LogP contribution in [0.15, 0.2) is 24.5 Å². The van der Waals surface area contributed by atoms with E-state index in [1.807, 2.05) is 12.1 Å². The van der Waals surface area contributed by atoms with Gasteiger partial charge >= 0.3 is 0 Å². The number of hydrogen-bond acceptors (Lipinski definition) is 4. The van der Waals surface area contributed by atoms with Gasteiger partial charge in [-0.2, -0.15) is 0 Å². The van der Waals surface area contributed by atoms with Crippen molar-refractivity contribution in [2.24, 2.45) is 5.92 Å². The molecule has 1 aromatic rings. The van der Waals surface area contributed by atoms with Crippen LogP contribution in [-0.4, -0.2) is 36.4 Å². The van der Waals surface area contributed by atoms with Gasteiger partial charge in [-0.05, 0) is 31.0 Å². The lowest BCUT2D eigenvalue weighted by Crippen LogP contribution is -2.41. The van der Waals surface area contributed by atoms with Gasteiger partial charge in [0, 0.05) is 38.4 Å². The summed E-state index contributed by atoms with van der Waals surface area (Å²) in [5, 5.41) is 8.85. The number of carbonyl (C=O) groups is 2. The minimum Gasteiger partial charge on any atom is -0.355 e. The van der Waals surface area contributed by atoms with Gasteiger partial charge in [-0.3, -0.25) is 14.6 Å². The molecule has 6 nitrogen and oxygen atoms in total. The quantitative estimate of drug-likeness (QED) is 0.706. The number of nitrogens with zero attached hydrogens (tertiary/aromatic N) is 1. The molecule has 1 aliphatic heterocycles. The molecule has 0 bridgehead atoms. The number of aromatic nitrogens is 1. The van der Waals surface area contributed by atoms with Gasteiger partial charge in [0.25, 0.3) is 0 Å². The zero-order chi connectivity index (χ0) is 14.9. The molecule has 2 heterocycles. The summed E-state index contributed by atoms with van der Waals surface area (Å²) in [7, 11) is 0. The van der Waals surface area contributed by atoms with Gasteiger partial charge in [-0.25, -0.2) is 0 Å². The standard InChI is InChI=1S/C15H22N4O2.2ClH/c20-14(19-10-12-3-1-6-16-9-12)5-8-18-15(21)13-4-2-7-17-11-13;;/h1,3,6,9,13,17H,2,4-5,7-8,10-11H2,(H,18,21)(H,19,20);2*1H. The average Bonchev–Trinajstić information content (AvgIpc) is 2.54. The monoisotopic (exact) mass is 362 g/mol. The van der Waals surface area contributed by atoms with Crippen molar-refractivity contribution in [2.45, 2.75) is 25.8 Å². The summed E-state index contributed by atoms with van der Waals surface area (Å²) in [5.41, 5.74) is 0.961. The molecular weight excluding hydrogens is 339 g/mol. The lowest BCUT2D eigenvalue weighted by atomic mass is 9.99. The van der Waals surface area contributed by atoms with Crippen molar-refractivity contribution in [3.8, 4) is 0 Å². The molecule has 23 heavy (non-hydrogen) atoms. The Morgan fingerprint density at radius 1 is 1.30 bits per heavy atom. The van der Waals surface area contributed by atoms with E-state index in [2.05, 4.69) is 20.9 Å². The summed E-state index contributed by atoms with van der Waals surface area (Å²) in [6, 6.07) is 3.74. The van der Waals surface area contributed by atoms with Crippen LogP contribution in [0, 0.1) is 5.92 Å². The lowest BCUT2D eigenvalue weighted by molar-refractivity contribution is -0.125. The molecule has 2 rings (SSSR count). The molecule has 1 aliphatic rings. The highest BCUT2D eigenvalue weighted by Gasteiger charge is 2.20. The van der Waals surface area contributed by atoms with Crippen LogP contribution >= 0.6 is 24.8 Å². The topological polar surface area (TPSA) is 83.1 Å². The first-order chi connectivity index (χ1) is 10.3. The zero-order valence-electron chi connectivity index (χ0n) is 12.9. The second-order valence-corrected chi connectivity index (χ2v) is 5.22. The van der Waals surface area contributed by atoms with Crippen molar-refractivity contribution >= 4 is 36.6 Å². The van der Waals surface area contributed by atoms with E-state index < -0.39 is 0 Å². The van der Waals surface area contributed by atoms with Crippen molar-refractivity contribution in [1.29, 1.82) is 0 Å². The summed E-state index contributed by atoms with van der Waals surface area (Å²) in [6.07, 6.45) is 5.67. The van der Waals surface area contributed by atoms with Crippen LogP contribution in [0.2, 0.25) is 0 Å². The first-order valence-electron chi connectivity index (χ1n) is 7.40. The third-order valence-corrected chi connectivity index (χ3v) is 3.53. The van der Waals surface area contributed by atoms with Gasteiger partial charge in [0.2, 0.25) is 11.8 Å². The first-order valence-corrected chi connectivity index (χ1v) is 7.40. The smallest absolute Gasteiger partial charge is 0.224 e. The number of nitrogens with one attached hydrogen (secondary N) is 3. The lowest BCUT2D eigenvalue weighted by Gasteiger charge is -2.21. The molecule has 1 aromatic heterocycles. The molecule has 2 amide bonds. The van der Waals surface area contributed by atoms with E-state index in [0.717, 1.165) is 31.5 Å². The third kappa shape index (κ3) is 8.16. The van der Waals surface area contributed by atoms with E-state index in [1.54, 1.807) is 12.4 Å². The zero-order valence-corrected chi connectivity index (χ0v) is 14.5. The van der Waals surface area contributed by atoms with Gasteiger partial charge in [-0.15, -0.1) is 24.8 Å². The van der Waals surface area contributed by atoms with Crippen molar-refractivity contribution in [3.63, 3.8) is 0 Å². The van der Waals surface area contributed by atoms with E-state index in [1.165, 1.54) is 0 Å². The number of amides is 2. The highest BCUT2D eigenvalue weighted by atomic mass is 35.5. The molecule has 8 heteroatoms. The fourth-order valence-corrected chi connectivity index (χ4v) is 2.31. The highest BCUT2D eigenvalue weighted by Crippen LogP contribution is 2.09. The molecule has 0 saturated carbocycles. The van der Waals surface area contributed by atoms with E-state index in [0.29, 0.717) is 19.5 Å². The summed E-state index contributed by atoms with van der Waals surface area (Å²) in [4.78, 5) is 27.5. The van der Waals surface area contributed by atoms with E-state index >= 15 is 0 Å². The van der Waals surface area contributed by atoms with Crippen LogP contribution in [0.1, 0.15) is 24.8 Å². The molecule has 1 unspecified atom stereocenters. The van der Waals surface area contributed by atoms with Crippen LogP contribution in [0.4, 0.5) is 0 Å². The molecule has 130 valence electrons. The third-order valence-electron chi connectivity index (χ3n) is 3.53. The van der Waals surface area contributed by atoms with Crippen molar-refractivity contribution in [1.82, 2.24) is 20.9 Å². The maximum Gasteiger partial charge on any atom is 0.224 e. The summed E-state index contributed by atoms with van der Waals surface area (Å²) < 4.78 is 0. The van der Waals surface area contributed by atoms with Crippen LogP contribution in [0.3, 0.4) is 0 Å². The number of carbonyl (C=O) groups excluding carboxylic acids is 2. The molecule has 3 N–H and O–H groups in total. The Bertz CT molecular complexity index is 468. The fourth-order valence-electron chi connectivity index (χ4n) is 2.31. The second kappa shape index (κ2) is 12.1. The Hall–Kier alpha value is -1.37. The Morgan fingerprint density at radius 3 is 2.78 bits per heavy atom. The van der Waals surface area contributed by atoms with E-state index in [-0.39, 0.29) is 42.5 Å². The minimum absolute atomic E-state index is 0. The van der Waals surface area contributed by atoms with Crippen LogP contribution in [0.5, 0.6) is 0 Å². The fraction of sp³-hybridized carbons (Fsp3) is 0.533. The van der Waals surface area contributed by atoms with Gasteiger partial charge in [0.05, 0.1) is 5.92 Å².